The molecule has 0 aliphatic carbocycles. The Balaban J connectivity index is 2.74. The molecule has 0 radical (unpaired) electrons. The SMILES string of the molecule is CCC(NC(C)(C)C(=O)O)c1cccs1. The summed E-state index contributed by atoms with van der Waals surface area (Å²) in [4.78, 5) is 12.2. The van der Waals surface area contributed by atoms with Crippen LogP contribution in [-0.2, 0) is 4.79 Å². The van der Waals surface area contributed by atoms with Gasteiger partial charge in [-0.1, -0.05) is 13.0 Å². The van der Waals surface area contributed by atoms with Crippen LogP contribution in [0.3, 0.4) is 0 Å². The molecular weight excluding hydrogens is 210 g/mol. The number of carboxylic acid groups (broad SMARTS) is 1. The molecule has 0 aliphatic heterocycles. The Morgan fingerprint density at radius 2 is 2.33 bits per heavy atom. The van der Waals surface area contributed by atoms with Gasteiger partial charge in [-0.25, -0.2) is 0 Å². The van der Waals surface area contributed by atoms with Crippen molar-refractivity contribution in [2.45, 2.75) is 38.8 Å². The smallest absolute Gasteiger partial charge is 0.323 e. The fourth-order valence-corrected chi connectivity index (χ4v) is 2.22. The Morgan fingerprint density at radius 1 is 1.67 bits per heavy atom. The molecule has 1 aromatic heterocycles. The van der Waals surface area contributed by atoms with Crippen molar-refractivity contribution in [3.05, 3.63) is 22.4 Å². The van der Waals surface area contributed by atoms with E-state index in [1.165, 1.54) is 4.88 Å². The summed E-state index contributed by atoms with van der Waals surface area (Å²) in [5, 5.41) is 14.2. The van der Waals surface area contributed by atoms with E-state index < -0.39 is 11.5 Å². The van der Waals surface area contributed by atoms with E-state index in [-0.39, 0.29) is 6.04 Å². The highest BCUT2D eigenvalue weighted by Crippen LogP contribution is 2.24. The predicted molar refractivity (Wildman–Crippen MR) is 62.2 cm³/mol. The minimum absolute atomic E-state index is 0.121. The Bertz CT molecular complexity index is 319. The average Bonchev–Trinajstić information content (AvgIpc) is 2.66. The van der Waals surface area contributed by atoms with Gasteiger partial charge in [0, 0.05) is 10.9 Å². The summed E-state index contributed by atoms with van der Waals surface area (Å²) in [6, 6.07) is 4.14. The number of nitrogens with one attached hydrogen (secondary N) is 1. The van der Waals surface area contributed by atoms with Gasteiger partial charge in [0.05, 0.1) is 0 Å². The predicted octanol–water partition coefficient (Wildman–Crippen LogP) is 2.65. The summed E-state index contributed by atoms with van der Waals surface area (Å²) >= 11 is 1.65. The van der Waals surface area contributed by atoms with Gasteiger partial charge in [-0.3, -0.25) is 10.1 Å². The lowest BCUT2D eigenvalue weighted by Crippen LogP contribution is -2.48. The lowest BCUT2D eigenvalue weighted by atomic mass is 10.0. The van der Waals surface area contributed by atoms with E-state index in [0.29, 0.717) is 0 Å². The molecule has 4 heteroatoms. The van der Waals surface area contributed by atoms with Crippen molar-refractivity contribution >= 4 is 17.3 Å². The number of hydrogen-bond acceptors (Lipinski definition) is 3. The van der Waals surface area contributed by atoms with Gasteiger partial charge in [0.1, 0.15) is 5.54 Å². The first-order chi connectivity index (χ1) is 6.97. The zero-order valence-corrected chi connectivity index (χ0v) is 10.1. The second kappa shape index (κ2) is 4.77. The number of hydrogen-bond donors (Lipinski definition) is 2. The molecule has 15 heavy (non-hydrogen) atoms. The van der Waals surface area contributed by atoms with Gasteiger partial charge in [0.2, 0.25) is 0 Å². The van der Waals surface area contributed by atoms with Crippen LogP contribution in [0.25, 0.3) is 0 Å². The fourth-order valence-electron chi connectivity index (χ4n) is 1.36. The van der Waals surface area contributed by atoms with E-state index in [4.69, 9.17) is 5.11 Å². The van der Waals surface area contributed by atoms with Crippen LogP contribution in [0.5, 0.6) is 0 Å². The highest BCUT2D eigenvalue weighted by molar-refractivity contribution is 7.10. The Labute approximate surface area is 94.1 Å². The van der Waals surface area contributed by atoms with Crippen LogP contribution in [0.1, 0.15) is 38.1 Å². The lowest BCUT2D eigenvalue weighted by molar-refractivity contribution is -0.143. The van der Waals surface area contributed by atoms with E-state index in [1.807, 2.05) is 17.5 Å². The fraction of sp³-hybridized carbons (Fsp3) is 0.545. The third-order valence-electron chi connectivity index (χ3n) is 2.36. The Hall–Kier alpha value is -0.870. The van der Waals surface area contributed by atoms with Crippen molar-refractivity contribution in [2.75, 3.05) is 0 Å². The standard InChI is InChI=1S/C11H17NO2S/c1-4-8(9-6-5-7-15-9)12-11(2,3)10(13)14/h5-8,12H,4H2,1-3H3,(H,13,14). The van der Waals surface area contributed by atoms with E-state index in [1.54, 1.807) is 25.2 Å². The average molecular weight is 227 g/mol. The first kappa shape index (κ1) is 12.2. The van der Waals surface area contributed by atoms with Crippen molar-refractivity contribution in [3.63, 3.8) is 0 Å². The lowest BCUT2D eigenvalue weighted by Gasteiger charge is -2.27. The maximum atomic E-state index is 11.0. The van der Waals surface area contributed by atoms with Gasteiger partial charge < -0.3 is 5.11 Å². The van der Waals surface area contributed by atoms with Gasteiger partial charge in [0.25, 0.3) is 0 Å². The molecule has 1 aromatic rings. The van der Waals surface area contributed by atoms with Gasteiger partial charge in [0.15, 0.2) is 0 Å². The Morgan fingerprint density at radius 3 is 2.73 bits per heavy atom. The summed E-state index contributed by atoms with van der Waals surface area (Å²) in [5.74, 6) is -0.822. The molecule has 0 amide bonds. The summed E-state index contributed by atoms with van der Waals surface area (Å²) in [5.41, 5.74) is -0.884. The monoisotopic (exact) mass is 227 g/mol. The van der Waals surface area contributed by atoms with Crippen molar-refractivity contribution in [2.24, 2.45) is 0 Å². The largest absolute Gasteiger partial charge is 0.480 e. The number of carbonyl (C=O) groups is 1. The molecule has 3 nitrogen and oxygen atoms in total. The van der Waals surface area contributed by atoms with Crippen LogP contribution in [0.4, 0.5) is 0 Å². The van der Waals surface area contributed by atoms with Crippen LogP contribution >= 0.6 is 11.3 Å². The highest BCUT2D eigenvalue weighted by Gasteiger charge is 2.29. The highest BCUT2D eigenvalue weighted by atomic mass is 32.1. The van der Waals surface area contributed by atoms with E-state index in [0.717, 1.165) is 6.42 Å². The Kier molecular flexibility index (Phi) is 3.88. The van der Waals surface area contributed by atoms with Gasteiger partial charge in [-0.15, -0.1) is 11.3 Å². The molecule has 1 atom stereocenters. The van der Waals surface area contributed by atoms with Crippen LogP contribution in [0.2, 0.25) is 0 Å². The van der Waals surface area contributed by atoms with Gasteiger partial charge >= 0.3 is 5.97 Å². The molecule has 2 N–H and O–H groups in total. The topological polar surface area (TPSA) is 49.3 Å². The molecule has 0 spiro atoms. The number of rotatable bonds is 5. The van der Waals surface area contributed by atoms with E-state index in [9.17, 15) is 4.79 Å². The molecule has 1 unspecified atom stereocenters. The van der Waals surface area contributed by atoms with E-state index >= 15 is 0 Å². The van der Waals surface area contributed by atoms with Crippen molar-refractivity contribution in [1.29, 1.82) is 0 Å². The van der Waals surface area contributed by atoms with Crippen LogP contribution in [0, 0.1) is 0 Å². The maximum Gasteiger partial charge on any atom is 0.323 e. The molecule has 0 bridgehead atoms. The van der Waals surface area contributed by atoms with Crippen molar-refractivity contribution < 1.29 is 9.90 Å². The molecule has 1 rings (SSSR count). The second-order valence-corrected chi connectivity index (χ2v) is 5.03. The zero-order chi connectivity index (χ0) is 11.5. The first-order valence-electron chi connectivity index (χ1n) is 5.02. The first-order valence-corrected chi connectivity index (χ1v) is 5.90. The number of aliphatic carboxylic acids is 1. The quantitative estimate of drug-likeness (QED) is 0.813. The van der Waals surface area contributed by atoms with Crippen LogP contribution in [-0.4, -0.2) is 16.6 Å². The maximum absolute atomic E-state index is 11.0. The molecule has 0 aromatic carbocycles. The normalized spacial score (nSPS) is 13.8. The van der Waals surface area contributed by atoms with Crippen molar-refractivity contribution in [3.8, 4) is 0 Å². The third-order valence-corrected chi connectivity index (χ3v) is 3.35. The van der Waals surface area contributed by atoms with Crippen molar-refractivity contribution in [1.82, 2.24) is 5.32 Å². The summed E-state index contributed by atoms with van der Waals surface area (Å²) < 4.78 is 0. The summed E-state index contributed by atoms with van der Waals surface area (Å²) in [7, 11) is 0. The minimum atomic E-state index is -0.884. The minimum Gasteiger partial charge on any atom is -0.480 e. The molecule has 0 fully saturated rings. The summed E-state index contributed by atoms with van der Waals surface area (Å²) in [6.07, 6.45) is 0.886. The van der Waals surface area contributed by atoms with Crippen LogP contribution < -0.4 is 5.32 Å². The number of carboxylic acids is 1. The molecule has 0 saturated carbocycles. The number of thiophene rings is 1. The summed E-state index contributed by atoms with van der Waals surface area (Å²) in [6.45, 7) is 5.42. The third kappa shape index (κ3) is 3.04. The molecule has 84 valence electrons. The zero-order valence-electron chi connectivity index (χ0n) is 9.28. The van der Waals surface area contributed by atoms with Gasteiger partial charge in [-0.2, -0.15) is 0 Å². The molecule has 0 aliphatic rings. The van der Waals surface area contributed by atoms with Gasteiger partial charge in [-0.05, 0) is 31.7 Å². The van der Waals surface area contributed by atoms with E-state index in [2.05, 4.69) is 12.2 Å². The molecule has 1 heterocycles. The van der Waals surface area contributed by atoms with Crippen LogP contribution in [0.15, 0.2) is 17.5 Å². The second-order valence-electron chi connectivity index (χ2n) is 4.05. The molecular formula is C11H17NO2S. The molecule has 0 saturated heterocycles.